The monoisotopic (exact) mass is 361 g/mol. The molecule has 20 heavy (non-hydrogen) atoms. The SMILES string of the molecule is [Mo].c1ccc([PH+](c2ccccc2)c2ccccc2)cc1. The van der Waals surface area contributed by atoms with E-state index in [0.29, 0.717) is 0 Å². The van der Waals surface area contributed by atoms with Crippen molar-refractivity contribution < 1.29 is 21.1 Å². The maximum absolute atomic E-state index is 2.24. The molecule has 0 radical (unpaired) electrons. The Labute approximate surface area is 135 Å². The van der Waals surface area contributed by atoms with Gasteiger partial charge in [0.15, 0.2) is 0 Å². The Morgan fingerprint density at radius 2 is 0.650 bits per heavy atom. The van der Waals surface area contributed by atoms with Crippen LogP contribution in [0.1, 0.15) is 0 Å². The standard InChI is InChI=1S/C18H15P.Mo/c1-4-10-16(11-5-1)19(17-12-6-2-7-13-17)18-14-8-3-9-15-18;/h1-15H;/p+1. The minimum atomic E-state index is -0.877. The summed E-state index contributed by atoms with van der Waals surface area (Å²) in [5, 5.41) is 4.31. The van der Waals surface area contributed by atoms with E-state index in [-0.39, 0.29) is 21.1 Å². The average Bonchev–Trinajstić information content (AvgIpc) is 2.51. The normalized spacial score (nSPS) is 10.1. The summed E-state index contributed by atoms with van der Waals surface area (Å²) in [6, 6.07) is 32.5. The molecule has 0 unspecified atom stereocenters. The summed E-state index contributed by atoms with van der Waals surface area (Å²) in [4.78, 5) is 0. The van der Waals surface area contributed by atoms with E-state index in [9.17, 15) is 0 Å². The smallest absolute Gasteiger partial charge is 0.0620 e. The van der Waals surface area contributed by atoms with Crippen LogP contribution in [-0.4, -0.2) is 0 Å². The number of hydrogen-bond acceptors (Lipinski definition) is 0. The van der Waals surface area contributed by atoms with Gasteiger partial charge in [0, 0.05) is 21.1 Å². The van der Waals surface area contributed by atoms with E-state index >= 15 is 0 Å². The summed E-state index contributed by atoms with van der Waals surface area (Å²) in [5.74, 6) is 0. The van der Waals surface area contributed by atoms with Crippen molar-refractivity contribution in [2.75, 3.05) is 0 Å². The van der Waals surface area contributed by atoms with Gasteiger partial charge in [-0.25, -0.2) is 0 Å². The molecule has 0 saturated carbocycles. The second-order valence-electron chi connectivity index (χ2n) is 4.47. The van der Waals surface area contributed by atoms with Crippen LogP contribution in [0.3, 0.4) is 0 Å². The van der Waals surface area contributed by atoms with Crippen molar-refractivity contribution >= 4 is 23.8 Å². The average molecular weight is 359 g/mol. The van der Waals surface area contributed by atoms with Crippen molar-refractivity contribution in [1.82, 2.24) is 0 Å². The van der Waals surface area contributed by atoms with Crippen LogP contribution in [0.25, 0.3) is 0 Å². The van der Waals surface area contributed by atoms with Crippen LogP contribution in [0.4, 0.5) is 0 Å². The molecule has 3 rings (SSSR count). The molecular weight excluding hydrogens is 343 g/mol. The molecule has 98 valence electrons. The topological polar surface area (TPSA) is 0 Å². The van der Waals surface area contributed by atoms with Crippen molar-refractivity contribution in [3.63, 3.8) is 0 Å². The molecule has 3 aromatic rings. The Kier molecular flexibility index (Phi) is 5.71. The van der Waals surface area contributed by atoms with E-state index in [2.05, 4.69) is 91.0 Å². The van der Waals surface area contributed by atoms with Crippen LogP contribution in [0, 0.1) is 0 Å². The molecule has 0 N–H and O–H groups in total. The van der Waals surface area contributed by atoms with Crippen molar-refractivity contribution in [2.24, 2.45) is 0 Å². The molecule has 0 aliphatic carbocycles. The fraction of sp³-hybridized carbons (Fsp3) is 0. The van der Waals surface area contributed by atoms with Crippen molar-refractivity contribution in [1.29, 1.82) is 0 Å². The van der Waals surface area contributed by atoms with Gasteiger partial charge >= 0.3 is 0 Å². The van der Waals surface area contributed by atoms with Crippen molar-refractivity contribution in [3.8, 4) is 0 Å². The van der Waals surface area contributed by atoms with Gasteiger partial charge in [-0.1, -0.05) is 54.6 Å². The molecule has 0 amide bonds. The minimum Gasteiger partial charge on any atom is -0.0620 e. The summed E-state index contributed by atoms with van der Waals surface area (Å²) in [6.45, 7) is 0. The van der Waals surface area contributed by atoms with Gasteiger partial charge in [0.05, 0.1) is 7.92 Å². The van der Waals surface area contributed by atoms with E-state index < -0.39 is 7.92 Å². The van der Waals surface area contributed by atoms with E-state index in [1.165, 1.54) is 15.9 Å². The molecule has 0 aliphatic heterocycles. The summed E-state index contributed by atoms with van der Waals surface area (Å²) >= 11 is 0. The van der Waals surface area contributed by atoms with E-state index in [1.807, 2.05) is 0 Å². The first-order valence-electron chi connectivity index (χ1n) is 6.48. The predicted molar refractivity (Wildman–Crippen MR) is 86.5 cm³/mol. The first-order chi connectivity index (χ1) is 9.45. The largest absolute Gasteiger partial charge is 0.102 e. The van der Waals surface area contributed by atoms with Crippen LogP contribution in [0.5, 0.6) is 0 Å². The first kappa shape index (κ1) is 15.2. The third-order valence-corrected chi connectivity index (χ3v) is 5.92. The van der Waals surface area contributed by atoms with Gasteiger partial charge in [0.2, 0.25) is 0 Å². The molecule has 0 fully saturated rings. The Morgan fingerprint density at radius 1 is 0.400 bits per heavy atom. The Hall–Kier alpha value is -1.22. The molecular formula is C18H16MoP+. The second kappa shape index (κ2) is 7.53. The third kappa shape index (κ3) is 3.45. The van der Waals surface area contributed by atoms with E-state index in [0.717, 1.165) is 0 Å². The number of rotatable bonds is 3. The molecule has 3 aromatic carbocycles. The maximum atomic E-state index is 2.24. The van der Waals surface area contributed by atoms with Gasteiger partial charge in [0.1, 0.15) is 15.9 Å². The predicted octanol–water partition coefficient (Wildman–Crippen LogP) is 3.17. The van der Waals surface area contributed by atoms with Gasteiger partial charge in [-0.2, -0.15) is 0 Å². The van der Waals surface area contributed by atoms with Crippen LogP contribution >= 0.6 is 7.92 Å². The van der Waals surface area contributed by atoms with Crippen LogP contribution in [0.15, 0.2) is 91.0 Å². The summed E-state index contributed by atoms with van der Waals surface area (Å²) in [6.07, 6.45) is 0. The minimum absolute atomic E-state index is 0. The zero-order valence-electron chi connectivity index (χ0n) is 11.1. The summed E-state index contributed by atoms with van der Waals surface area (Å²) in [7, 11) is -0.877. The van der Waals surface area contributed by atoms with Gasteiger partial charge in [-0.05, 0) is 36.4 Å². The van der Waals surface area contributed by atoms with Crippen LogP contribution < -0.4 is 15.9 Å². The maximum Gasteiger partial charge on any atom is 0.102 e. The fourth-order valence-electron chi connectivity index (χ4n) is 2.31. The van der Waals surface area contributed by atoms with E-state index in [4.69, 9.17) is 0 Å². The quantitative estimate of drug-likeness (QED) is 0.498. The first-order valence-corrected chi connectivity index (χ1v) is 7.98. The molecule has 0 heterocycles. The molecule has 0 spiro atoms. The second-order valence-corrected chi connectivity index (χ2v) is 6.96. The molecule has 2 heteroatoms. The van der Waals surface area contributed by atoms with Gasteiger partial charge in [-0.3, -0.25) is 0 Å². The number of benzene rings is 3. The molecule has 0 aromatic heterocycles. The molecule has 0 saturated heterocycles. The van der Waals surface area contributed by atoms with Gasteiger partial charge in [0.25, 0.3) is 0 Å². The number of hydrogen-bond donors (Lipinski definition) is 0. The van der Waals surface area contributed by atoms with Crippen molar-refractivity contribution in [2.45, 2.75) is 0 Å². The van der Waals surface area contributed by atoms with E-state index in [1.54, 1.807) is 0 Å². The van der Waals surface area contributed by atoms with Crippen LogP contribution in [-0.2, 0) is 21.1 Å². The van der Waals surface area contributed by atoms with Gasteiger partial charge in [-0.15, -0.1) is 0 Å². The molecule has 0 nitrogen and oxygen atoms in total. The fourth-order valence-corrected chi connectivity index (χ4v) is 4.89. The van der Waals surface area contributed by atoms with Gasteiger partial charge < -0.3 is 0 Å². The van der Waals surface area contributed by atoms with Crippen LogP contribution in [0.2, 0.25) is 0 Å². The third-order valence-electron chi connectivity index (χ3n) is 3.19. The Bertz CT molecular complexity index is 529. The molecule has 0 bridgehead atoms. The summed E-state index contributed by atoms with van der Waals surface area (Å²) in [5.41, 5.74) is 0. The molecule has 0 aliphatic rings. The van der Waals surface area contributed by atoms with Crippen molar-refractivity contribution in [3.05, 3.63) is 91.0 Å². The zero-order chi connectivity index (χ0) is 12.9. The Morgan fingerprint density at radius 3 is 0.900 bits per heavy atom. The Balaban J connectivity index is 0.00000147. The summed E-state index contributed by atoms with van der Waals surface area (Å²) < 4.78 is 0. The zero-order valence-corrected chi connectivity index (χ0v) is 14.1. The molecule has 0 atom stereocenters.